The van der Waals surface area contributed by atoms with Crippen molar-refractivity contribution in [2.24, 2.45) is 0 Å². The summed E-state index contributed by atoms with van der Waals surface area (Å²) >= 11 is 0. The number of nitro groups is 1. The summed E-state index contributed by atoms with van der Waals surface area (Å²) in [6.07, 6.45) is 5.04. The molecule has 0 aliphatic heterocycles. The summed E-state index contributed by atoms with van der Waals surface area (Å²) < 4.78 is 14.8. The van der Waals surface area contributed by atoms with Gasteiger partial charge in [-0.2, -0.15) is 0 Å². The molecule has 2 aromatic carbocycles. The third-order valence-electron chi connectivity index (χ3n) is 4.07. The molecule has 0 spiro atoms. The molecule has 25 heavy (non-hydrogen) atoms. The number of hydrogen-bond acceptors (Lipinski definition) is 4. The number of nitrogens with zero attached hydrogens (tertiary/aromatic N) is 3. The van der Waals surface area contributed by atoms with Crippen molar-refractivity contribution in [3.8, 4) is 0 Å². The first-order valence-electron chi connectivity index (χ1n) is 7.79. The first-order chi connectivity index (χ1) is 12.1. The molecular weight excluding hydrogens is 323 g/mol. The molecule has 1 unspecified atom stereocenters. The minimum absolute atomic E-state index is 0.0332. The van der Waals surface area contributed by atoms with E-state index in [4.69, 9.17) is 0 Å². The smallest absolute Gasteiger partial charge is 0.297 e. The maximum absolute atomic E-state index is 13.0. The molecule has 0 saturated carbocycles. The second kappa shape index (κ2) is 7.12. The summed E-state index contributed by atoms with van der Waals surface area (Å²) in [6, 6.07) is 11.0. The van der Waals surface area contributed by atoms with Crippen molar-refractivity contribution in [3.05, 3.63) is 88.2 Å². The maximum atomic E-state index is 13.0. The van der Waals surface area contributed by atoms with Gasteiger partial charge in [0.2, 0.25) is 0 Å². The number of imidazole rings is 1. The predicted molar refractivity (Wildman–Crippen MR) is 92.9 cm³/mol. The number of nitrogens with one attached hydrogen (secondary N) is 1. The summed E-state index contributed by atoms with van der Waals surface area (Å²) in [5.41, 5.74) is 1.89. The number of hydrogen-bond donors (Lipinski definition) is 1. The van der Waals surface area contributed by atoms with Gasteiger partial charge >= 0.3 is 0 Å². The Kier molecular flexibility index (Phi) is 4.74. The highest BCUT2D eigenvalue weighted by Gasteiger charge is 2.24. The van der Waals surface area contributed by atoms with Crippen molar-refractivity contribution in [3.63, 3.8) is 0 Å². The lowest BCUT2D eigenvalue weighted by molar-refractivity contribution is -0.384. The molecule has 0 aliphatic rings. The van der Waals surface area contributed by atoms with Crippen LogP contribution in [0.3, 0.4) is 0 Å². The highest BCUT2D eigenvalue weighted by atomic mass is 19.1. The van der Waals surface area contributed by atoms with Gasteiger partial charge in [-0.25, -0.2) is 9.37 Å². The number of benzene rings is 2. The van der Waals surface area contributed by atoms with Crippen LogP contribution in [0.1, 0.15) is 24.1 Å². The number of aromatic nitrogens is 2. The molecule has 1 heterocycles. The second-order valence-electron chi connectivity index (χ2n) is 5.67. The van der Waals surface area contributed by atoms with Crippen molar-refractivity contribution >= 4 is 11.4 Å². The van der Waals surface area contributed by atoms with E-state index in [1.165, 1.54) is 12.1 Å². The van der Waals surface area contributed by atoms with E-state index in [1.54, 1.807) is 49.1 Å². The predicted octanol–water partition coefficient (Wildman–Crippen LogP) is 4.15. The summed E-state index contributed by atoms with van der Waals surface area (Å²) in [5, 5.41) is 14.7. The fourth-order valence-corrected chi connectivity index (χ4v) is 2.70. The van der Waals surface area contributed by atoms with Crippen molar-refractivity contribution < 1.29 is 9.31 Å². The van der Waals surface area contributed by atoms with E-state index in [2.05, 4.69) is 10.3 Å². The second-order valence-corrected chi connectivity index (χ2v) is 5.67. The number of rotatable bonds is 6. The zero-order valence-corrected chi connectivity index (χ0v) is 13.6. The van der Waals surface area contributed by atoms with Crippen LogP contribution in [0, 0.1) is 15.9 Å². The van der Waals surface area contributed by atoms with Gasteiger partial charge in [0.1, 0.15) is 11.5 Å². The molecule has 1 atom stereocenters. The molecule has 0 bridgehead atoms. The van der Waals surface area contributed by atoms with Crippen LogP contribution in [0.4, 0.5) is 15.8 Å². The summed E-state index contributed by atoms with van der Waals surface area (Å²) in [6.45, 7) is 2.25. The molecular formula is C18H17FN4O2. The van der Waals surface area contributed by atoms with Gasteiger partial charge in [0.05, 0.1) is 22.9 Å². The van der Waals surface area contributed by atoms with Crippen molar-refractivity contribution in [2.75, 3.05) is 5.32 Å². The molecule has 0 aliphatic carbocycles. The van der Waals surface area contributed by atoms with E-state index in [-0.39, 0.29) is 22.5 Å². The Balaban J connectivity index is 1.90. The molecule has 3 aromatic rings. The Bertz CT molecular complexity index is 863. The van der Waals surface area contributed by atoms with Gasteiger partial charge in [-0.3, -0.25) is 10.1 Å². The molecule has 0 radical (unpaired) electrons. The topological polar surface area (TPSA) is 73.0 Å². The van der Waals surface area contributed by atoms with Gasteiger partial charge in [-0.05, 0) is 36.8 Å². The molecule has 1 aromatic heterocycles. The SMILES string of the molecule is CC(c1cccc(NCc2ccc(F)cc2)c1[N+](=O)[O-])n1ccnc1. The fourth-order valence-electron chi connectivity index (χ4n) is 2.70. The Morgan fingerprint density at radius 2 is 2.04 bits per heavy atom. The molecule has 0 fully saturated rings. The van der Waals surface area contributed by atoms with Crippen LogP contribution in [-0.4, -0.2) is 14.5 Å². The fraction of sp³-hybridized carbons (Fsp3) is 0.167. The molecule has 128 valence electrons. The first kappa shape index (κ1) is 16.6. The lowest BCUT2D eigenvalue weighted by Gasteiger charge is -2.16. The average molecular weight is 340 g/mol. The standard InChI is InChI=1S/C18H17FN4O2/c1-13(22-10-9-20-12-22)16-3-2-4-17(18(16)23(24)25)21-11-14-5-7-15(19)8-6-14/h2-10,12-13,21H,11H2,1H3. The number of halogens is 1. The normalized spacial score (nSPS) is 11.9. The van der Waals surface area contributed by atoms with Gasteiger partial charge in [0.15, 0.2) is 0 Å². The van der Waals surface area contributed by atoms with Crippen LogP contribution in [0.15, 0.2) is 61.2 Å². The first-order valence-corrected chi connectivity index (χ1v) is 7.79. The van der Waals surface area contributed by atoms with E-state index < -0.39 is 0 Å². The van der Waals surface area contributed by atoms with Crippen LogP contribution in [0.5, 0.6) is 0 Å². The molecule has 6 nitrogen and oxygen atoms in total. The molecule has 3 rings (SSSR count). The molecule has 1 N–H and O–H groups in total. The lowest BCUT2D eigenvalue weighted by atomic mass is 10.0. The van der Waals surface area contributed by atoms with Crippen molar-refractivity contribution in [2.45, 2.75) is 19.5 Å². The summed E-state index contributed by atoms with van der Waals surface area (Å²) in [4.78, 5) is 15.3. The molecule has 0 saturated heterocycles. The van der Waals surface area contributed by atoms with E-state index in [0.29, 0.717) is 17.8 Å². The third kappa shape index (κ3) is 3.65. The zero-order valence-electron chi connectivity index (χ0n) is 13.6. The Labute approximate surface area is 144 Å². The highest BCUT2D eigenvalue weighted by Crippen LogP contribution is 2.34. The maximum Gasteiger partial charge on any atom is 0.297 e. The van der Waals surface area contributed by atoms with Crippen LogP contribution >= 0.6 is 0 Å². The minimum Gasteiger partial charge on any atom is -0.375 e. The van der Waals surface area contributed by atoms with E-state index >= 15 is 0 Å². The van der Waals surface area contributed by atoms with Crippen LogP contribution in [0.25, 0.3) is 0 Å². The Hall–Kier alpha value is -3.22. The zero-order chi connectivity index (χ0) is 17.8. The van der Waals surface area contributed by atoms with Crippen molar-refractivity contribution in [1.29, 1.82) is 0 Å². The van der Waals surface area contributed by atoms with Gasteiger partial charge in [0, 0.05) is 18.9 Å². The van der Waals surface area contributed by atoms with Gasteiger partial charge in [-0.15, -0.1) is 0 Å². The van der Waals surface area contributed by atoms with Gasteiger partial charge in [0.25, 0.3) is 5.69 Å². The number of nitro benzene ring substituents is 1. The van der Waals surface area contributed by atoms with E-state index in [9.17, 15) is 14.5 Å². The Morgan fingerprint density at radius 3 is 2.68 bits per heavy atom. The van der Waals surface area contributed by atoms with Gasteiger partial charge < -0.3 is 9.88 Å². The van der Waals surface area contributed by atoms with Crippen LogP contribution in [-0.2, 0) is 6.54 Å². The summed E-state index contributed by atoms with van der Waals surface area (Å²) in [5.74, 6) is -0.314. The highest BCUT2D eigenvalue weighted by molar-refractivity contribution is 5.66. The summed E-state index contributed by atoms with van der Waals surface area (Å²) in [7, 11) is 0. The van der Waals surface area contributed by atoms with Crippen LogP contribution < -0.4 is 5.32 Å². The monoisotopic (exact) mass is 340 g/mol. The quantitative estimate of drug-likeness (QED) is 0.540. The van der Waals surface area contributed by atoms with E-state index in [1.807, 2.05) is 11.5 Å². The minimum atomic E-state index is -0.379. The molecule has 7 heteroatoms. The largest absolute Gasteiger partial charge is 0.375 e. The Morgan fingerprint density at radius 1 is 1.28 bits per heavy atom. The average Bonchev–Trinajstić information content (AvgIpc) is 3.14. The van der Waals surface area contributed by atoms with Crippen LogP contribution in [0.2, 0.25) is 0 Å². The molecule has 0 amide bonds. The van der Waals surface area contributed by atoms with E-state index in [0.717, 1.165) is 5.56 Å². The lowest BCUT2D eigenvalue weighted by Crippen LogP contribution is -2.10. The number of anilines is 1. The number of para-hydroxylation sites is 1. The van der Waals surface area contributed by atoms with Crippen molar-refractivity contribution in [1.82, 2.24) is 9.55 Å². The third-order valence-corrected chi connectivity index (χ3v) is 4.07. The van der Waals surface area contributed by atoms with Gasteiger partial charge in [-0.1, -0.05) is 18.2 Å².